The quantitative estimate of drug-likeness (QED) is 0.807. The number of nitrogen functional groups attached to an aromatic ring is 1. The number of hydrogen-bond acceptors (Lipinski definition) is 3. The van der Waals surface area contributed by atoms with Crippen molar-refractivity contribution in [1.82, 2.24) is 5.16 Å². The zero-order valence-electron chi connectivity index (χ0n) is 12.1. The zero-order valence-corrected chi connectivity index (χ0v) is 12.9. The number of nitrogens with zero attached hydrogens (tertiary/aromatic N) is 1. The first-order valence-corrected chi connectivity index (χ1v) is 8.14. The summed E-state index contributed by atoms with van der Waals surface area (Å²) in [5, 5.41) is 4.74. The minimum Gasteiger partial charge on any atom is -0.380 e. The summed E-state index contributed by atoms with van der Waals surface area (Å²) in [5.74, 6) is 1.87. The summed E-state index contributed by atoms with van der Waals surface area (Å²) < 4.78 is 5.61. The van der Waals surface area contributed by atoms with Crippen LogP contribution in [0.3, 0.4) is 0 Å². The average molecular weight is 305 g/mol. The Morgan fingerprint density at radius 2 is 1.62 bits per heavy atom. The lowest BCUT2D eigenvalue weighted by molar-refractivity contribution is 0.332. The number of hydrogen-bond donors (Lipinski definition) is 1. The third-order valence-electron chi connectivity index (χ3n) is 4.35. The number of nitrogens with two attached hydrogens (primary N) is 1. The van der Waals surface area contributed by atoms with Crippen LogP contribution in [-0.2, 0) is 0 Å². The van der Waals surface area contributed by atoms with E-state index in [1.165, 1.54) is 32.1 Å². The number of benzene rings is 1. The maximum atomic E-state index is 6.05. The summed E-state index contributed by atoms with van der Waals surface area (Å²) in [4.78, 5) is 0. The van der Waals surface area contributed by atoms with Crippen LogP contribution in [-0.4, -0.2) is 5.16 Å². The second kappa shape index (κ2) is 6.52. The SMILES string of the molecule is Nc1noc(C2CCCCCCC2)c1-c1ccc(Cl)cc1. The first-order chi connectivity index (χ1) is 10.3. The molecule has 2 aromatic rings. The lowest BCUT2D eigenvalue weighted by Crippen LogP contribution is -2.03. The molecular weight excluding hydrogens is 284 g/mol. The smallest absolute Gasteiger partial charge is 0.175 e. The summed E-state index contributed by atoms with van der Waals surface area (Å²) in [6.07, 6.45) is 8.82. The average Bonchev–Trinajstić information content (AvgIpc) is 2.81. The van der Waals surface area contributed by atoms with Crippen LogP contribution in [0, 0.1) is 0 Å². The van der Waals surface area contributed by atoms with Crippen molar-refractivity contribution < 1.29 is 4.52 Å². The standard InChI is InChI=1S/C17H21ClN2O/c18-14-10-8-12(9-11-14)15-16(21-20-17(15)19)13-6-4-2-1-3-5-7-13/h8-11,13H,1-7H2,(H2,19,20). The Hall–Kier alpha value is -1.48. The minimum atomic E-state index is 0.431. The Labute approximate surface area is 130 Å². The first kappa shape index (κ1) is 14.5. The second-order valence-corrected chi connectivity index (χ2v) is 6.29. The molecule has 1 saturated carbocycles. The fourth-order valence-corrected chi connectivity index (χ4v) is 3.35. The third kappa shape index (κ3) is 3.24. The molecule has 1 heterocycles. The van der Waals surface area contributed by atoms with Gasteiger partial charge in [0.15, 0.2) is 5.82 Å². The van der Waals surface area contributed by atoms with Gasteiger partial charge >= 0.3 is 0 Å². The molecule has 0 unspecified atom stereocenters. The van der Waals surface area contributed by atoms with Gasteiger partial charge in [-0.3, -0.25) is 0 Å². The van der Waals surface area contributed by atoms with Gasteiger partial charge in [-0.25, -0.2) is 0 Å². The van der Waals surface area contributed by atoms with Gasteiger partial charge in [0, 0.05) is 10.9 Å². The van der Waals surface area contributed by atoms with Crippen LogP contribution in [0.2, 0.25) is 5.02 Å². The second-order valence-electron chi connectivity index (χ2n) is 5.86. The topological polar surface area (TPSA) is 52.0 Å². The highest BCUT2D eigenvalue weighted by Crippen LogP contribution is 2.39. The fraction of sp³-hybridized carbons (Fsp3) is 0.471. The molecule has 1 aliphatic rings. The van der Waals surface area contributed by atoms with E-state index in [9.17, 15) is 0 Å². The van der Waals surface area contributed by atoms with Gasteiger partial charge in [-0.2, -0.15) is 0 Å². The van der Waals surface area contributed by atoms with E-state index in [2.05, 4.69) is 5.16 Å². The molecule has 0 spiro atoms. The van der Waals surface area contributed by atoms with E-state index in [1.807, 2.05) is 24.3 Å². The summed E-state index contributed by atoms with van der Waals surface area (Å²) >= 11 is 5.97. The largest absolute Gasteiger partial charge is 0.380 e. The Morgan fingerprint density at radius 3 is 2.29 bits per heavy atom. The van der Waals surface area contributed by atoms with Gasteiger partial charge in [0.1, 0.15) is 5.76 Å². The van der Waals surface area contributed by atoms with Gasteiger partial charge in [0.2, 0.25) is 0 Å². The number of halogens is 1. The maximum absolute atomic E-state index is 6.05. The Kier molecular flexibility index (Phi) is 4.49. The van der Waals surface area contributed by atoms with Gasteiger partial charge in [0.05, 0.1) is 5.56 Å². The molecule has 1 aliphatic carbocycles. The van der Waals surface area contributed by atoms with Crippen molar-refractivity contribution in [3.05, 3.63) is 35.0 Å². The molecule has 3 rings (SSSR count). The summed E-state index contributed by atoms with van der Waals surface area (Å²) in [6, 6.07) is 7.73. The van der Waals surface area contributed by atoms with Crippen LogP contribution in [0.5, 0.6) is 0 Å². The molecular formula is C17H21ClN2O. The predicted molar refractivity (Wildman–Crippen MR) is 86.4 cm³/mol. The zero-order chi connectivity index (χ0) is 14.7. The molecule has 1 aromatic carbocycles. The van der Waals surface area contributed by atoms with E-state index in [-0.39, 0.29) is 0 Å². The van der Waals surface area contributed by atoms with Crippen molar-refractivity contribution in [2.24, 2.45) is 0 Å². The fourth-order valence-electron chi connectivity index (χ4n) is 3.22. The molecule has 1 aromatic heterocycles. The van der Waals surface area contributed by atoms with Crippen molar-refractivity contribution in [1.29, 1.82) is 0 Å². The molecule has 1 fully saturated rings. The van der Waals surface area contributed by atoms with E-state index >= 15 is 0 Å². The molecule has 21 heavy (non-hydrogen) atoms. The Morgan fingerprint density at radius 1 is 1.00 bits per heavy atom. The van der Waals surface area contributed by atoms with Gasteiger partial charge in [-0.05, 0) is 30.5 Å². The van der Waals surface area contributed by atoms with E-state index in [0.717, 1.165) is 34.8 Å². The van der Waals surface area contributed by atoms with E-state index in [1.54, 1.807) is 0 Å². The van der Waals surface area contributed by atoms with Crippen molar-refractivity contribution >= 4 is 17.4 Å². The summed E-state index contributed by atoms with van der Waals surface area (Å²) in [6.45, 7) is 0. The van der Waals surface area contributed by atoms with E-state index in [0.29, 0.717) is 11.7 Å². The molecule has 3 nitrogen and oxygen atoms in total. The van der Waals surface area contributed by atoms with Gasteiger partial charge < -0.3 is 10.3 Å². The first-order valence-electron chi connectivity index (χ1n) is 7.76. The normalized spacial score (nSPS) is 17.4. The maximum Gasteiger partial charge on any atom is 0.175 e. The van der Waals surface area contributed by atoms with Crippen molar-refractivity contribution in [2.75, 3.05) is 5.73 Å². The lowest BCUT2D eigenvalue weighted by Gasteiger charge is -2.18. The van der Waals surface area contributed by atoms with Crippen molar-refractivity contribution in [3.63, 3.8) is 0 Å². The molecule has 2 N–H and O–H groups in total. The van der Waals surface area contributed by atoms with Gasteiger partial charge in [-0.15, -0.1) is 0 Å². The van der Waals surface area contributed by atoms with Crippen LogP contribution in [0.1, 0.15) is 56.6 Å². The highest BCUT2D eigenvalue weighted by molar-refractivity contribution is 6.30. The number of anilines is 1. The van der Waals surface area contributed by atoms with E-state index in [4.69, 9.17) is 21.9 Å². The van der Waals surface area contributed by atoms with Crippen LogP contribution in [0.25, 0.3) is 11.1 Å². The Balaban J connectivity index is 1.93. The monoisotopic (exact) mass is 304 g/mol. The molecule has 0 amide bonds. The van der Waals surface area contributed by atoms with E-state index < -0.39 is 0 Å². The number of aromatic nitrogens is 1. The van der Waals surface area contributed by atoms with Gasteiger partial charge in [-0.1, -0.05) is 61.0 Å². The highest BCUT2D eigenvalue weighted by Gasteiger charge is 2.24. The molecule has 0 saturated heterocycles. The molecule has 0 radical (unpaired) electrons. The van der Waals surface area contributed by atoms with Gasteiger partial charge in [0.25, 0.3) is 0 Å². The van der Waals surface area contributed by atoms with Crippen molar-refractivity contribution in [2.45, 2.75) is 50.9 Å². The van der Waals surface area contributed by atoms with Crippen LogP contribution >= 0.6 is 11.6 Å². The molecule has 0 bridgehead atoms. The van der Waals surface area contributed by atoms with Crippen molar-refractivity contribution in [3.8, 4) is 11.1 Å². The third-order valence-corrected chi connectivity index (χ3v) is 4.61. The summed E-state index contributed by atoms with van der Waals surface area (Å²) in [5.41, 5.74) is 8.04. The molecule has 112 valence electrons. The highest BCUT2D eigenvalue weighted by atomic mass is 35.5. The minimum absolute atomic E-state index is 0.431. The summed E-state index contributed by atoms with van der Waals surface area (Å²) in [7, 11) is 0. The molecule has 0 aliphatic heterocycles. The Bertz CT molecular complexity index is 583. The van der Waals surface area contributed by atoms with Crippen LogP contribution < -0.4 is 5.73 Å². The van der Waals surface area contributed by atoms with Crippen LogP contribution in [0.15, 0.2) is 28.8 Å². The predicted octanol–water partition coefficient (Wildman–Crippen LogP) is 5.41. The van der Waals surface area contributed by atoms with Crippen LogP contribution in [0.4, 0.5) is 5.82 Å². The molecule has 0 atom stereocenters. The lowest BCUT2D eigenvalue weighted by atomic mass is 9.86. The number of rotatable bonds is 2. The molecule has 4 heteroatoms.